The van der Waals surface area contributed by atoms with Gasteiger partial charge in [-0.05, 0) is 30.3 Å². The van der Waals surface area contributed by atoms with Crippen LogP contribution in [0.3, 0.4) is 0 Å². The van der Waals surface area contributed by atoms with Gasteiger partial charge < -0.3 is 14.6 Å². The van der Waals surface area contributed by atoms with Crippen LogP contribution < -0.4 is 9.47 Å². The summed E-state index contributed by atoms with van der Waals surface area (Å²) in [5, 5.41) is 8.85. The number of rotatable bonds is 6. The molecule has 4 nitrogen and oxygen atoms in total. The number of para-hydroxylation sites is 1. The highest BCUT2D eigenvalue weighted by Crippen LogP contribution is 2.13. The maximum atomic E-state index is 10.8. The van der Waals surface area contributed by atoms with Crippen LogP contribution in [0.5, 0.6) is 11.5 Å². The molecular weight excluding hydrogens is 244 g/mol. The molecule has 0 heterocycles. The maximum absolute atomic E-state index is 10.8. The Morgan fingerprint density at radius 1 is 0.895 bits per heavy atom. The zero-order chi connectivity index (χ0) is 13.5. The molecule has 0 aromatic heterocycles. The van der Waals surface area contributed by atoms with E-state index in [0.717, 1.165) is 5.75 Å². The number of carboxylic acid groups (broad SMARTS) is 1. The van der Waals surface area contributed by atoms with Gasteiger partial charge in [-0.25, -0.2) is 4.79 Å². The molecule has 0 aliphatic heterocycles. The van der Waals surface area contributed by atoms with Crippen LogP contribution in [0.25, 0.3) is 0 Å². The number of hydrogen-bond acceptors (Lipinski definition) is 3. The molecule has 2 rings (SSSR count). The molecule has 1 N–H and O–H groups in total. The Morgan fingerprint density at radius 2 is 1.53 bits per heavy atom. The van der Waals surface area contributed by atoms with E-state index in [-0.39, 0.29) is 5.56 Å². The third-order valence-corrected chi connectivity index (χ3v) is 2.44. The van der Waals surface area contributed by atoms with E-state index in [2.05, 4.69) is 0 Å². The van der Waals surface area contributed by atoms with Gasteiger partial charge in [-0.3, -0.25) is 0 Å². The smallest absolute Gasteiger partial charge is 0.335 e. The monoisotopic (exact) mass is 258 g/mol. The maximum Gasteiger partial charge on any atom is 0.335 e. The molecule has 0 unspecified atom stereocenters. The van der Waals surface area contributed by atoms with E-state index in [1.165, 1.54) is 12.1 Å². The summed E-state index contributed by atoms with van der Waals surface area (Å²) in [5.41, 5.74) is 0.210. The second-order valence-electron chi connectivity index (χ2n) is 3.84. The van der Waals surface area contributed by atoms with Crippen LogP contribution >= 0.6 is 0 Å². The van der Waals surface area contributed by atoms with Crippen molar-refractivity contribution in [2.24, 2.45) is 0 Å². The summed E-state index contributed by atoms with van der Waals surface area (Å²) in [4.78, 5) is 10.8. The van der Waals surface area contributed by atoms with E-state index < -0.39 is 5.97 Å². The Morgan fingerprint density at radius 3 is 2.21 bits per heavy atom. The van der Waals surface area contributed by atoms with E-state index in [0.29, 0.717) is 19.0 Å². The van der Waals surface area contributed by atoms with Crippen molar-refractivity contribution < 1.29 is 19.4 Å². The Kier molecular flexibility index (Phi) is 4.39. The Balaban J connectivity index is 1.80. The summed E-state index contributed by atoms with van der Waals surface area (Å²) >= 11 is 0. The molecule has 0 fully saturated rings. The molecule has 0 amide bonds. The largest absolute Gasteiger partial charge is 0.490 e. The van der Waals surface area contributed by atoms with E-state index in [9.17, 15) is 4.79 Å². The van der Waals surface area contributed by atoms with Crippen LogP contribution in [0.1, 0.15) is 10.4 Å². The molecule has 0 aliphatic carbocycles. The molecule has 4 heteroatoms. The predicted molar refractivity (Wildman–Crippen MR) is 70.8 cm³/mol. The highest BCUT2D eigenvalue weighted by molar-refractivity contribution is 5.87. The summed E-state index contributed by atoms with van der Waals surface area (Å²) in [6.45, 7) is 0.763. The molecule has 0 atom stereocenters. The summed E-state index contributed by atoms with van der Waals surface area (Å²) < 4.78 is 10.9. The van der Waals surface area contributed by atoms with E-state index in [1.54, 1.807) is 12.1 Å². The molecule has 0 radical (unpaired) electrons. The van der Waals surface area contributed by atoms with Crippen LogP contribution in [0.2, 0.25) is 0 Å². The van der Waals surface area contributed by atoms with Gasteiger partial charge in [0.15, 0.2) is 0 Å². The topological polar surface area (TPSA) is 55.8 Å². The minimum atomic E-state index is -0.967. The minimum absolute atomic E-state index is 0.210. The average Bonchev–Trinajstić information content (AvgIpc) is 2.45. The van der Waals surface area contributed by atoms with E-state index in [4.69, 9.17) is 14.6 Å². The predicted octanol–water partition coefficient (Wildman–Crippen LogP) is 2.84. The Bertz CT molecular complexity index is 537. The first-order valence-electron chi connectivity index (χ1n) is 5.90. The quantitative estimate of drug-likeness (QED) is 0.809. The fourth-order valence-corrected chi connectivity index (χ4v) is 1.55. The summed E-state index contributed by atoms with van der Waals surface area (Å²) in [6, 6.07) is 15.8. The molecule has 98 valence electrons. The van der Waals surface area contributed by atoms with Crippen molar-refractivity contribution >= 4 is 5.97 Å². The van der Waals surface area contributed by atoms with Crippen LogP contribution in [0.15, 0.2) is 54.6 Å². The number of carboxylic acids is 1. The molecule has 2 aromatic rings. The van der Waals surface area contributed by atoms with Crippen LogP contribution in [0.4, 0.5) is 0 Å². The van der Waals surface area contributed by atoms with Crippen molar-refractivity contribution in [3.63, 3.8) is 0 Å². The fraction of sp³-hybridized carbons (Fsp3) is 0.133. The molecule has 19 heavy (non-hydrogen) atoms. The van der Waals surface area contributed by atoms with Gasteiger partial charge in [0.2, 0.25) is 0 Å². The number of aromatic carboxylic acids is 1. The molecule has 0 spiro atoms. The van der Waals surface area contributed by atoms with Gasteiger partial charge in [0.25, 0.3) is 0 Å². The third kappa shape index (κ3) is 4.03. The number of ether oxygens (including phenoxy) is 2. The number of carbonyl (C=O) groups is 1. The lowest BCUT2D eigenvalue weighted by Crippen LogP contribution is -2.09. The zero-order valence-corrected chi connectivity index (χ0v) is 10.3. The second-order valence-corrected chi connectivity index (χ2v) is 3.84. The molecule has 0 saturated carbocycles. The van der Waals surface area contributed by atoms with Crippen molar-refractivity contribution in [3.05, 3.63) is 60.2 Å². The molecular formula is C15H14O4. The van der Waals surface area contributed by atoms with Gasteiger partial charge >= 0.3 is 5.97 Å². The standard InChI is InChI=1S/C15H14O4/c16-15(17)12-5-4-8-14(11-12)19-10-9-18-13-6-2-1-3-7-13/h1-8,11H,9-10H2,(H,16,17). The Hall–Kier alpha value is -2.49. The van der Waals surface area contributed by atoms with Gasteiger partial charge in [0.05, 0.1) is 5.56 Å². The van der Waals surface area contributed by atoms with Crippen LogP contribution in [0, 0.1) is 0 Å². The first kappa shape index (κ1) is 13.0. The van der Waals surface area contributed by atoms with Gasteiger partial charge in [-0.2, -0.15) is 0 Å². The molecule has 0 bridgehead atoms. The van der Waals surface area contributed by atoms with Crippen LogP contribution in [-0.4, -0.2) is 24.3 Å². The van der Waals surface area contributed by atoms with Crippen molar-refractivity contribution in [1.29, 1.82) is 0 Å². The van der Waals surface area contributed by atoms with Crippen molar-refractivity contribution in [2.75, 3.05) is 13.2 Å². The first-order chi connectivity index (χ1) is 9.25. The summed E-state index contributed by atoms with van der Waals surface area (Å²) in [7, 11) is 0. The fourth-order valence-electron chi connectivity index (χ4n) is 1.55. The SMILES string of the molecule is O=C(O)c1cccc(OCCOc2ccccc2)c1. The average molecular weight is 258 g/mol. The lowest BCUT2D eigenvalue weighted by atomic mass is 10.2. The normalized spacial score (nSPS) is 9.89. The van der Waals surface area contributed by atoms with Gasteiger partial charge in [-0.15, -0.1) is 0 Å². The minimum Gasteiger partial charge on any atom is -0.490 e. The van der Waals surface area contributed by atoms with Gasteiger partial charge in [0, 0.05) is 0 Å². The van der Waals surface area contributed by atoms with Crippen molar-refractivity contribution in [3.8, 4) is 11.5 Å². The van der Waals surface area contributed by atoms with E-state index in [1.807, 2.05) is 30.3 Å². The molecule has 0 saturated heterocycles. The number of hydrogen-bond donors (Lipinski definition) is 1. The molecule has 0 aliphatic rings. The van der Waals surface area contributed by atoms with Crippen molar-refractivity contribution in [2.45, 2.75) is 0 Å². The third-order valence-electron chi connectivity index (χ3n) is 2.44. The van der Waals surface area contributed by atoms with Gasteiger partial charge in [0.1, 0.15) is 24.7 Å². The van der Waals surface area contributed by atoms with E-state index >= 15 is 0 Å². The lowest BCUT2D eigenvalue weighted by Gasteiger charge is -2.08. The summed E-state index contributed by atoms with van der Waals surface area (Å²) in [5.74, 6) is 0.341. The van der Waals surface area contributed by atoms with Gasteiger partial charge in [-0.1, -0.05) is 24.3 Å². The summed E-state index contributed by atoms with van der Waals surface area (Å²) in [6.07, 6.45) is 0. The second kappa shape index (κ2) is 6.44. The molecule has 2 aromatic carbocycles. The highest BCUT2D eigenvalue weighted by Gasteiger charge is 2.03. The number of benzene rings is 2. The van der Waals surface area contributed by atoms with Crippen LogP contribution in [-0.2, 0) is 0 Å². The first-order valence-corrected chi connectivity index (χ1v) is 5.90. The lowest BCUT2D eigenvalue weighted by molar-refractivity contribution is 0.0696. The zero-order valence-electron chi connectivity index (χ0n) is 10.3. The Labute approximate surface area is 111 Å². The van der Waals surface area contributed by atoms with Crippen molar-refractivity contribution in [1.82, 2.24) is 0 Å². The highest BCUT2D eigenvalue weighted by atomic mass is 16.5.